The molecule has 2 rings (SSSR count). The lowest BCUT2D eigenvalue weighted by Crippen LogP contribution is -2.55. The zero-order chi connectivity index (χ0) is 14.9. The first kappa shape index (κ1) is 13.8. The number of anilines is 1. The molecule has 0 aliphatic carbocycles. The number of benzene rings is 1. The summed E-state index contributed by atoms with van der Waals surface area (Å²) in [6.07, 6.45) is 0. The van der Waals surface area contributed by atoms with Crippen LogP contribution in [0.4, 0.5) is 11.4 Å². The van der Waals surface area contributed by atoms with Crippen molar-refractivity contribution in [3.63, 3.8) is 0 Å². The predicted molar refractivity (Wildman–Crippen MR) is 67.4 cm³/mol. The van der Waals surface area contributed by atoms with Gasteiger partial charge in [0.1, 0.15) is 0 Å². The van der Waals surface area contributed by atoms with E-state index >= 15 is 0 Å². The summed E-state index contributed by atoms with van der Waals surface area (Å²) in [5, 5.41) is 13.2. The molecule has 1 amide bonds. The Kier molecular flexibility index (Phi) is 3.31. The number of nitrogens with zero attached hydrogens (tertiary/aromatic N) is 1. The van der Waals surface area contributed by atoms with Crippen molar-refractivity contribution in [2.45, 2.75) is 19.4 Å². The van der Waals surface area contributed by atoms with Gasteiger partial charge in [0.15, 0.2) is 5.75 Å². The fourth-order valence-corrected chi connectivity index (χ4v) is 1.72. The third-order valence-electron chi connectivity index (χ3n) is 2.84. The SMILES string of the molecule is CCOC(=O)[C@]1(C)Oc2cc([N+](=O)[O-])ccc2NC1=O. The normalized spacial score (nSPS) is 20.4. The van der Waals surface area contributed by atoms with Crippen molar-refractivity contribution >= 4 is 23.3 Å². The van der Waals surface area contributed by atoms with Gasteiger partial charge in [-0.3, -0.25) is 14.9 Å². The first-order chi connectivity index (χ1) is 9.38. The number of nitro benzene ring substituents is 1. The molecule has 8 heteroatoms. The van der Waals surface area contributed by atoms with E-state index < -0.39 is 22.4 Å². The van der Waals surface area contributed by atoms with Crippen LogP contribution in [0.3, 0.4) is 0 Å². The number of hydrogen-bond donors (Lipinski definition) is 1. The molecule has 0 spiro atoms. The molecule has 1 N–H and O–H groups in total. The highest BCUT2D eigenvalue weighted by atomic mass is 16.6. The third kappa shape index (κ3) is 2.15. The standard InChI is InChI=1S/C12H12N2O6/c1-3-19-11(16)12(2)10(15)13-8-5-4-7(14(17)18)6-9(8)20-12/h4-6H,3H2,1-2H3,(H,13,15)/t12-/m1/s1. The van der Waals surface area contributed by atoms with E-state index in [4.69, 9.17) is 9.47 Å². The van der Waals surface area contributed by atoms with Gasteiger partial charge in [-0.1, -0.05) is 0 Å². The fourth-order valence-electron chi connectivity index (χ4n) is 1.72. The van der Waals surface area contributed by atoms with E-state index in [9.17, 15) is 19.7 Å². The van der Waals surface area contributed by atoms with Crippen LogP contribution in [0, 0.1) is 10.1 Å². The second-order valence-electron chi connectivity index (χ2n) is 4.25. The molecular formula is C12H12N2O6. The number of non-ortho nitro benzene ring substituents is 1. The van der Waals surface area contributed by atoms with E-state index in [1.807, 2.05) is 0 Å². The lowest BCUT2D eigenvalue weighted by atomic mass is 10.0. The number of ether oxygens (including phenoxy) is 2. The van der Waals surface area contributed by atoms with E-state index in [-0.39, 0.29) is 23.7 Å². The summed E-state index contributed by atoms with van der Waals surface area (Å²) in [5.74, 6) is -1.48. The molecule has 1 aliphatic rings. The van der Waals surface area contributed by atoms with Gasteiger partial charge < -0.3 is 14.8 Å². The van der Waals surface area contributed by atoms with Crippen LogP contribution in [0.2, 0.25) is 0 Å². The number of carbonyl (C=O) groups is 2. The van der Waals surface area contributed by atoms with Gasteiger partial charge in [-0.2, -0.15) is 0 Å². The molecule has 0 saturated heterocycles. The van der Waals surface area contributed by atoms with Crippen molar-refractivity contribution in [2.24, 2.45) is 0 Å². The molecule has 0 fully saturated rings. The molecule has 0 saturated carbocycles. The first-order valence-corrected chi connectivity index (χ1v) is 5.84. The van der Waals surface area contributed by atoms with E-state index in [0.29, 0.717) is 0 Å². The average Bonchev–Trinajstić information content (AvgIpc) is 2.39. The summed E-state index contributed by atoms with van der Waals surface area (Å²) < 4.78 is 10.1. The van der Waals surface area contributed by atoms with Crippen LogP contribution in [0.15, 0.2) is 18.2 Å². The van der Waals surface area contributed by atoms with Crippen LogP contribution in [0.5, 0.6) is 5.75 Å². The quantitative estimate of drug-likeness (QED) is 0.386. The molecular weight excluding hydrogens is 268 g/mol. The second kappa shape index (κ2) is 4.80. The Morgan fingerprint density at radius 3 is 2.85 bits per heavy atom. The summed E-state index contributed by atoms with van der Waals surface area (Å²) in [6, 6.07) is 3.72. The maximum Gasteiger partial charge on any atom is 0.360 e. The summed E-state index contributed by atoms with van der Waals surface area (Å²) >= 11 is 0. The second-order valence-corrected chi connectivity index (χ2v) is 4.25. The topological polar surface area (TPSA) is 108 Å². The number of nitro groups is 1. The Balaban J connectivity index is 2.40. The van der Waals surface area contributed by atoms with Gasteiger partial charge in [0.05, 0.1) is 23.3 Å². The smallest absolute Gasteiger partial charge is 0.360 e. The van der Waals surface area contributed by atoms with Crippen LogP contribution in [-0.4, -0.2) is 29.0 Å². The monoisotopic (exact) mass is 280 g/mol. The van der Waals surface area contributed by atoms with Crippen molar-refractivity contribution in [2.75, 3.05) is 11.9 Å². The molecule has 1 aromatic rings. The third-order valence-corrected chi connectivity index (χ3v) is 2.84. The van der Waals surface area contributed by atoms with Gasteiger partial charge in [-0.15, -0.1) is 0 Å². The van der Waals surface area contributed by atoms with Crippen LogP contribution >= 0.6 is 0 Å². The molecule has 1 aromatic carbocycles. The highest BCUT2D eigenvalue weighted by Crippen LogP contribution is 2.36. The summed E-state index contributed by atoms with van der Waals surface area (Å²) in [5.41, 5.74) is -1.80. The van der Waals surface area contributed by atoms with Gasteiger partial charge in [-0.25, -0.2) is 4.79 Å². The van der Waals surface area contributed by atoms with Crippen molar-refractivity contribution in [1.82, 2.24) is 0 Å². The van der Waals surface area contributed by atoms with Crippen LogP contribution in [-0.2, 0) is 14.3 Å². The molecule has 0 radical (unpaired) electrons. The summed E-state index contributed by atoms with van der Waals surface area (Å²) in [6.45, 7) is 2.94. The molecule has 1 heterocycles. The zero-order valence-electron chi connectivity index (χ0n) is 10.8. The fraction of sp³-hybridized carbons (Fsp3) is 0.333. The molecule has 1 aliphatic heterocycles. The number of rotatable bonds is 3. The number of carbonyl (C=O) groups excluding carboxylic acids is 2. The molecule has 0 bridgehead atoms. The van der Waals surface area contributed by atoms with Crippen molar-refractivity contribution < 1.29 is 24.0 Å². The minimum atomic E-state index is -1.86. The van der Waals surface area contributed by atoms with Crippen molar-refractivity contribution in [1.29, 1.82) is 0 Å². The van der Waals surface area contributed by atoms with Crippen molar-refractivity contribution in [3.05, 3.63) is 28.3 Å². The van der Waals surface area contributed by atoms with Crippen LogP contribution < -0.4 is 10.1 Å². The molecule has 8 nitrogen and oxygen atoms in total. The van der Waals surface area contributed by atoms with Gasteiger partial charge >= 0.3 is 5.97 Å². The number of fused-ring (bicyclic) bond motifs is 1. The predicted octanol–water partition coefficient (Wildman–Crippen LogP) is 1.25. The minimum Gasteiger partial charge on any atom is -0.463 e. The zero-order valence-corrected chi connectivity index (χ0v) is 10.8. The molecule has 20 heavy (non-hydrogen) atoms. The lowest BCUT2D eigenvalue weighted by molar-refractivity contribution is -0.385. The Hall–Kier alpha value is -2.64. The molecule has 0 aromatic heterocycles. The van der Waals surface area contributed by atoms with Gasteiger partial charge in [0.25, 0.3) is 17.2 Å². The highest BCUT2D eigenvalue weighted by Gasteiger charge is 2.49. The molecule has 0 unspecified atom stereocenters. The Bertz CT molecular complexity index is 600. The molecule has 106 valence electrons. The number of nitrogens with one attached hydrogen (secondary N) is 1. The van der Waals surface area contributed by atoms with Crippen LogP contribution in [0.25, 0.3) is 0 Å². The number of amides is 1. The average molecular weight is 280 g/mol. The number of hydrogen-bond acceptors (Lipinski definition) is 6. The maximum atomic E-state index is 11.9. The van der Waals surface area contributed by atoms with Gasteiger partial charge in [0.2, 0.25) is 0 Å². The first-order valence-electron chi connectivity index (χ1n) is 5.84. The Labute approximate surface area is 113 Å². The van der Waals surface area contributed by atoms with E-state index in [1.54, 1.807) is 6.92 Å². The van der Waals surface area contributed by atoms with E-state index in [0.717, 1.165) is 6.07 Å². The number of esters is 1. The Morgan fingerprint density at radius 2 is 2.25 bits per heavy atom. The maximum absolute atomic E-state index is 11.9. The summed E-state index contributed by atoms with van der Waals surface area (Å²) in [7, 11) is 0. The van der Waals surface area contributed by atoms with Gasteiger partial charge in [0, 0.05) is 6.07 Å². The lowest BCUT2D eigenvalue weighted by Gasteiger charge is -2.32. The van der Waals surface area contributed by atoms with Crippen LogP contribution in [0.1, 0.15) is 13.8 Å². The molecule has 1 atom stereocenters. The Morgan fingerprint density at radius 1 is 1.55 bits per heavy atom. The largest absolute Gasteiger partial charge is 0.463 e. The summed E-state index contributed by atoms with van der Waals surface area (Å²) in [4.78, 5) is 33.9. The minimum absolute atomic E-state index is 0.0503. The van der Waals surface area contributed by atoms with E-state index in [2.05, 4.69) is 5.32 Å². The van der Waals surface area contributed by atoms with E-state index in [1.165, 1.54) is 19.1 Å². The highest BCUT2D eigenvalue weighted by molar-refractivity contribution is 6.13. The van der Waals surface area contributed by atoms with Gasteiger partial charge in [-0.05, 0) is 19.9 Å². The van der Waals surface area contributed by atoms with Crippen molar-refractivity contribution in [3.8, 4) is 5.75 Å².